The Kier molecular flexibility index (Phi) is 14.8. The van der Waals surface area contributed by atoms with E-state index < -0.39 is 101 Å². The van der Waals surface area contributed by atoms with E-state index >= 15 is 0 Å². The molecule has 10 atom stereocenters. The lowest BCUT2D eigenvalue weighted by molar-refractivity contribution is -0.347. The van der Waals surface area contributed by atoms with Gasteiger partial charge in [0.1, 0.15) is 48.8 Å². The molecule has 248 valence electrons. The number of aliphatic hydroxyl groups excluding tert-OH is 4. The Balaban J connectivity index is 2.25. The number of aliphatic hydroxyl groups is 4. The fourth-order valence-electron chi connectivity index (χ4n) is 4.45. The Hall–Kier alpha value is -1.11. The predicted molar refractivity (Wildman–Crippen MR) is 138 cm³/mol. The van der Waals surface area contributed by atoms with Crippen LogP contribution in [0.25, 0.3) is 0 Å². The summed E-state index contributed by atoms with van der Waals surface area (Å²) in [5, 5.41) is 45.2. The number of carbonyl (C=O) groups is 1. The highest BCUT2D eigenvalue weighted by Crippen LogP contribution is 2.30. The Labute approximate surface area is 244 Å². The molecule has 0 aliphatic carbocycles. The second-order valence-electron chi connectivity index (χ2n) is 9.94. The Morgan fingerprint density at radius 2 is 1.29 bits per heavy atom. The minimum atomic E-state index is -4.99. The third kappa shape index (κ3) is 12.1. The second-order valence-corrected chi connectivity index (χ2v) is 12.1. The van der Waals surface area contributed by atoms with Crippen molar-refractivity contribution < 1.29 is 78.5 Å². The molecular weight excluding hydrogens is 614 g/mol. The first kappa shape index (κ1) is 37.1. The van der Waals surface area contributed by atoms with Crippen molar-refractivity contribution in [3.8, 4) is 0 Å². The van der Waals surface area contributed by atoms with Crippen LogP contribution < -0.4 is 5.32 Å². The third-order valence-corrected chi connectivity index (χ3v) is 7.41. The average Bonchev–Trinajstić information content (AvgIpc) is 2.88. The molecule has 7 N–H and O–H groups in total. The molecule has 0 saturated carbocycles. The fraction of sp³-hybridized carbons (Fsp3) is 0.955. The van der Waals surface area contributed by atoms with Crippen molar-refractivity contribution in [3.05, 3.63) is 0 Å². The molecule has 20 heteroatoms. The van der Waals surface area contributed by atoms with Crippen LogP contribution in [-0.2, 0) is 52.9 Å². The molecular formula is C22H41NO17S2. The van der Waals surface area contributed by atoms with E-state index in [0.29, 0.717) is 6.42 Å². The number of unbranched alkanes of at least 4 members (excludes halogenated alkanes) is 5. The molecule has 2 heterocycles. The minimum Gasteiger partial charge on any atom is -0.388 e. The Bertz CT molecular complexity index is 1040. The van der Waals surface area contributed by atoms with Gasteiger partial charge in [-0.25, -0.2) is 8.37 Å². The summed E-state index contributed by atoms with van der Waals surface area (Å²) >= 11 is 0. The summed E-state index contributed by atoms with van der Waals surface area (Å²) in [6.07, 6.45) is -10.2. The van der Waals surface area contributed by atoms with E-state index in [1.807, 2.05) is 0 Å². The molecule has 0 bridgehead atoms. The van der Waals surface area contributed by atoms with Gasteiger partial charge in [-0.1, -0.05) is 39.0 Å². The van der Waals surface area contributed by atoms with E-state index in [0.717, 1.165) is 39.0 Å². The van der Waals surface area contributed by atoms with Crippen LogP contribution in [0.3, 0.4) is 0 Å². The molecule has 0 aromatic rings. The van der Waals surface area contributed by atoms with Crippen molar-refractivity contribution in [1.82, 2.24) is 5.32 Å². The molecule has 0 aromatic heterocycles. The minimum absolute atomic E-state index is 0.0942. The first-order chi connectivity index (χ1) is 19.5. The summed E-state index contributed by atoms with van der Waals surface area (Å²) in [5.41, 5.74) is 0. The van der Waals surface area contributed by atoms with Crippen molar-refractivity contribution in [3.63, 3.8) is 0 Å². The van der Waals surface area contributed by atoms with Crippen LogP contribution in [0.5, 0.6) is 0 Å². The molecule has 0 radical (unpaired) electrons. The highest BCUT2D eigenvalue weighted by Gasteiger charge is 2.52. The SMILES string of the molecule is CCCCCCCCO[C@@H]1O[C@H](COS(=O)(=O)O)[C@H](O)[C@H](O[C@H]2O[C@H](COS(=O)(=O)O)[C@@H](O)[C@H](O)[C@H]2NC(C)=O)[C@H]1O. The summed E-state index contributed by atoms with van der Waals surface area (Å²) in [5.74, 6) is -0.719. The van der Waals surface area contributed by atoms with Crippen LogP contribution in [-0.4, -0.2) is 133 Å². The van der Waals surface area contributed by atoms with Gasteiger partial charge in [0, 0.05) is 13.5 Å². The van der Waals surface area contributed by atoms with Crippen molar-refractivity contribution in [2.24, 2.45) is 0 Å². The first-order valence-electron chi connectivity index (χ1n) is 13.3. The third-order valence-electron chi connectivity index (χ3n) is 6.55. The van der Waals surface area contributed by atoms with Gasteiger partial charge < -0.3 is 44.7 Å². The number of carbonyl (C=O) groups excluding carboxylic acids is 1. The fourth-order valence-corrected chi connectivity index (χ4v) is 5.07. The molecule has 2 aliphatic heterocycles. The number of hydrogen-bond donors (Lipinski definition) is 7. The molecule has 2 fully saturated rings. The number of ether oxygens (including phenoxy) is 4. The van der Waals surface area contributed by atoms with Gasteiger partial charge in [0.05, 0.1) is 13.2 Å². The molecule has 18 nitrogen and oxygen atoms in total. The monoisotopic (exact) mass is 655 g/mol. The van der Waals surface area contributed by atoms with Crippen molar-refractivity contribution in [2.75, 3.05) is 19.8 Å². The van der Waals surface area contributed by atoms with Gasteiger partial charge in [-0.2, -0.15) is 16.8 Å². The van der Waals surface area contributed by atoms with Gasteiger partial charge in [-0.05, 0) is 6.42 Å². The van der Waals surface area contributed by atoms with E-state index in [-0.39, 0.29) is 6.61 Å². The zero-order valence-electron chi connectivity index (χ0n) is 23.1. The lowest BCUT2D eigenvalue weighted by Crippen LogP contribution is -2.68. The van der Waals surface area contributed by atoms with Gasteiger partial charge in [-0.15, -0.1) is 0 Å². The molecule has 0 aromatic carbocycles. The number of nitrogens with one attached hydrogen (secondary N) is 1. The van der Waals surface area contributed by atoms with E-state index in [1.54, 1.807) is 0 Å². The van der Waals surface area contributed by atoms with Crippen LogP contribution in [0.15, 0.2) is 0 Å². The van der Waals surface area contributed by atoms with E-state index in [2.05, 4.69) is 20.6 Å². The zero-order chi connectivity index (χ0) is 31.7. The van der Waals surface area contributed by atoms with Crippen molar-refractivity contribution in [1.29, 1.82) is 0 Å². The maximum atomic E-state index is 11.8. The van der Waals surface area contributed by atoms with E-state index in [9.17, 15) is 42.1 Å². The quantitative estimate of drug-likeness (QED) is 0.0646. The van der Waals surface area contributed by atoms with Gasteiger partial charge in [0.2, 0.25) is 5.91 Å². The number of amides is 1. The molecule has 2 rings (SSSR count). The maximum Gasteiger partial charge on any atom is 0.397 e. The molecule has 0 unspecified atom stereocenters. The normalized spacial score (nSPS) is 34.3. The average molecular weight is 656 g/mol. The Morgan fingerprint density at radius 3 is 1.83 bits per heavy atom. The molecule has 1 amide bonds. The van der Waals surface area contributed by atoms with Crippen LogP contribution in [0.4, 0.5) is 0 Å². The number of rotatable bonds is 17. The summed E-state index contributed by atoms with van der Waals surface area (Å²) < 4.78 is 93.0. The molecule has 42 heavy (non-hydrogen) atoms. The highest BCUT2D eigenvalue weighted by molar-refractivity contribution is 7.81. The van der Waals surface area contributed by atoms with E-state index in [1.165, 1.54) is 0 Å². The molecule has 2 saturated heterocycles. The first-order valence-corrected chi connectivity index (χ1v) is 16.1. The lowest BCUT2D eigenvalue weighted by atomic mass is 9.95. The van der Waals surface area contributed by atoms with Crippen LogP contribution in [0.2, 0.25) is 0 Å². The molecule has 0 spiro atoms. The van der Waals surface area contributed by atoms with Crippen LogP contribution >= 0.6 is 0 Å². The van der Waals surface area contributed by atoms with E-state index in [4.69, 9.17) is 28.1 Å². The zero-order valence-corrected chi connectivity index (χ0v) is 24.8. The van der Waals surface area contributed by atoms with Gasteiger partial charge >= 0.3 is 20.8 Å². The van der Waals surface area contributed by atoms with Gasteiger partial charge in [-0.3, -0.25) is 13.9 Å². The maximum absolute atomic E-state index is 11.8. The topological polar surface area (TPSA) is 274 Å². The lowest BCUT2D eigenvalue weighted by Gasteiger charge is -2.47. The predicted octanol–water partition coefficient (Wildman–Crippen LogP) is -2.21. The summed E-state index contributed by atoms with van der Waals surface area (Å²) in [6.45, 7) is 1.30. The van der Waals surface area contributed by atoms with Crippen LogP contribution in [0.1, 0.15) is 52.4 Å². The van der Waals surface area contributed by atoms with Gasteiger partial charge in [0.15, 0.2) is 12.6 Å². The van der Waals surface area contributed by atoms with Crippen molar-refractivity contribution in [2.45, 2.75) is 114 Å². The molecule has 2 aliphatic rings. The van der Waals surface area contributed by atoms with Gasteiger partial charge in [0.25, 0.3) is 0 Å². The summed E-state index contributed by atoms with van der Waals surface area (Å²) in [4.78, 5) is 11.8. The largest absolute Gasteiger partial charge is 0.397 e. The summed E-state index contributed by atoms with van der Waals surface area (Å²) in [7, 11) is -9.96. The highest BCUT2D eigenvalue weighted by atomic mass is 32.3. The summed E-state index contributed by atoms with van der Waals surface area (Å²) in [6, 6.07) is -1.54. The Morgan fingerprint density at radius 1 is 0.762 bits per heavy atom. The second kappa shape index (κ2) is 16.8. The smallest absolute Gasteiger partial charge is 0.388 e. The number of hydrogen-bond acceptors (Lipinski definition) is 15. The standard InChI is InChI=1S/C22H41NO17S2/c1-3-4-5-6-7-8-9-35-22-19(28)20(17(26)14(39-22)11-37-42(32,33)34)40-21-15(23-12(2)24)18(27)16(25)13(38-21)10-36-41(29,30)31/h13-22,25-28H,3-11H2,1-2H3,(H,23,24)(H,29,30,31)(H,32,33,34)/t13-,14-,15-,16-,17+,18-,19-,20+,21-,22-/m1/s1. The van der Waals surface area contributed by atoms with Crippen LogP contribution in [0, 0.1) is 0 Å². The van der Waals surface area contributed by atoms with Crippen molar-refractivity contribution >= 4 is 26.7 Å².